The molecular formula is C54H41N4O2+. The molecule has 0 spiro atoms. The van der Waals surface area contributed by atoms with Gasteiger partial charge in [-0.15, -0.1) is 0 Å². The first-order chi connectivity index (χ1) is 29.4. The Hall–Kier alpha value is -7.70. The van der Waals surface area contributed by atoms with Crippen molar-refractivity contribution in [1.29, 1.82) is 0 Å². The van der Waals surface area contributed by atoms with Crippen LogP contribution in [0.3, 0.4) is 0 Å². The van der Waals surface area contributed by atoms with Crippen molar-refractivity contribution < 1.29 is 13.7 Å². The van der Waals surface area contributed by atoms with Gasteiger partial charge in [-0.2, -0.15) is 14.1 Å². The van der Waals surface area contributed by atoms with Crippen LogP contribution in [-0.4, -0.2) is 14.1 Å². The molecule has 4 aromatic heterocycles. The molecule has 7 aromatic carbocycles. The van der Waals surface area contributed by atoms with Gasteiger partial charge in [-0.1, -0.05) is 136 Å². The van der Waals surface area contributed by atoms with Crippen molar-refractivity contribution in [2.45, 2.75) is 26.2 Å². The predicted octanol–water partition coefficient (Wildman–Crippen LogP) is 13.6. The van der Waals surface area contributed by atoms with Crippen LogP contribution >= 0.6 is 0 Å². The second kappa shape index (κ2) is 14.0. The Morgan fingerprint density at radius 2 is 1.20 bits per heavy atom. The molecule has 0 aliphatic heterocycles. The minimum atomic E-state index is -0.113. The van der Waals surface area contributed by atoms with E-state index in [4.69, 9.17) is 14.1 Å². The lowest BCUT2D eigenvalue weighted by Crippen LogP contribution is -2.30. The van der Waals surface area contributed by atoms with Crippen molar-refractivity contribution in [3.8, 4) is 50.9 Å². The van der Waals surface area contributed by atoms with Gasteiger partial charge in [0.2, 0.25) is 5.71 Å². The molecule has 288 valence electrons. The highest BCUT2D eigenvalue weighted by Gasteiger charge is 2.26. The molecule has 11 rings (SSSR count). The van der Waals surface area contributed by atoms with Gasteiger partial charge in [-0.05, 0) is 76.7 Å². The van der Waals surface area contributed by atoms with Gasteiger partial charge < -0.3 is 9.15 Å². The van der Waals surface area contributed by atoms with Crippen LogP contribution in [0.1, 0.15) is 26.3 Å². The molecule has 0 amide bonds. The standard InChI is InChI=1S/C54H41N4O2/c1-54(2,3)46-34-51(55-53-45(46)30-31-59-53)58-47-25-11-10-22-43(47)44-29-28-40(33-50(44)58)60-39-21-14-20-38(32-39)56-35-57(49-27-13-12-26-48(49)56)52-41(36-16-6-4-7-17-36)23-15-24-42(52)37-18-8-5-9-19-37/h4-35H,1-3H3/q+1. The molecule has 11 aromatic rings. The van der Waals surface area contributed by atoms with Crippen molar-refractivity contribution in [1.82, 2.24) is 14.1 Å². The molecule has 4 heterocycles. The van der Waals surface area contributed by atoms with Crippen LogP contribution in [-0.2, 0) is 5.41 Å². The zero-order chi connectivity index (χ0) is 40.4. The number of furan rings is 1. The van der Waals surface area contributed by atoms with Crippen LogP contribution < -0.4 is 9.30 Å². The summed E-state index contributed by atoms with van der Waals surface area (Å²) in [6, 6.07) is 63.8. The van der Waals surface area contributed by atoms with E-state index in [1.807, 2.05) is 12.1 Å². The van der Waals surface area contributed by atoms with Crippen LogP contribution in [0.4, 0.5) is 0 Å². The zero-order valence-electron chi connectivity index (χ0n) is 33.6. The number of hydrogen-bond donors (Lipinski definition) is 0. The van der Waals surface area contributed by atoms with Crippen molar-refractivity contribution in [2.24, 2.45) is 0 Å². The first-order valence-corrected chi connectivity index (χ1v) is 20.4. The van der Waals surface area contributed by atoms with Gasteiger partial charge in [0.25, 0.3) is 6.33 Å². The number of ether oxygens (including phenoxy) is 1. The Morgan fingerprint density at radius 1 is 0.550 bits per heavy atom. The van der Waals surface area contributed by atoms with Crippen molar-refractivity contribution in [2.75, 3.05) is 0 Å². The molecule has 6 nitrogen and oxygen atoms in total. The monoisotopic (exact) mass is 777 g/mol. The van der Waals surface area contributed by atoms with Crippen LogP contribution in [0, 0.1) is 0 Å². The number of benzene rings is 7. The molecule has 0 saturated carbocycles. The number of hydrogen-bond acceptors (Lipinski definition) is 3. The van der Waals surface area contributed by atoms with Crippen LogP contribution in [0.25, 0.3) is 83.4 Å². The van der Waals surface area contributed by atoms with E-state index in [1.165, 1.54) is 5.56 Å². The van der Waals surface area contributed by atoms with Crippen LogP contribution in [0.2, 0.25) is 0 Å². The maximum absolute atomic E-state index is 6.76. The average Bonchev–Trinajstić information content (AvgIpc) is 4.00. The first-order valence-electron chi connectivity index (χ1n) is 20.4. The minimum Gasteiger partial charge on any atom is -0.457 e. The molecule has 0 unspecified atom stereocenters. The minimum absolute atomic E-state index is 0.113. The van der Waals surface area contributed by atoms with E-state index in [0.717, 1.165) is 89.2 Å². The summed E-state index contributed by atoms with van der Waals surface area (Å²) in [5.74, 6) is 2.28. The van der Waals surface area contributed by atoms with E-state index >= 15 is 0 Å². The first kappa shape index (κ1) is 35.5. The number of para-hydroxylation sites is 4. The number of nitrogens with zero attached hydrogens (tertiary/aromatic N) is 4. The molecule has 0 saturated heterocycles. The molecule has 0 radical (unpaired) electrons. The summed E-state index contributed by atoms with van der Waals surface area (Å²) in [7, 11) is 0. The van der Waals surface area contributed by atoms with E-state index in [9.17, 15) is 0 Å². The maximum atomic E-state index is 6.76. The van der Waals surface area contributed by atoms with E-state index in [2.05, 4.69) is 211 Å². The third-order valence-electron chi connectivity index (χ3n) is 11.5. The third kappa shape index (κ3) is 5.95. The zero-order valence-corrected chi connectivity index (χ0v) is 33.6. The highest BCUT2D eigenvalue weighted by Crippen LogP contribution is 2.39. The van der Waals surface area contributed by atoms with E-state index in [0.29, 0.717) is 5.71 Å². The smallest absolute Gasteiger partial charge is 0.255 e. The molecule has 0 aliphatic carbocycles. The fourth-order valence-electron chi connectivity index (χ4n) is 8.76. The molecule has 0 fully saturated rings. The number of imidazole rings is 1. The van der Waals surface area contributed by atoms with Crippen molar-refractivity contribution in [3.05, 3.63) is 200 Å². The van der Waals surface area contributed by atoms with Crippen molar-refractivity contribution in [3.63, 3.8) is 0 Å². The molecule has 60 heavy (non-hydrogen) atoms. The molecule has 0 bridgehead atoms. The second-order valence-corrected chi connectivity index (χ2v) is 16.3. The topological polar surface area (TPSA) is 49.0 Å². The summed E-state index contributed by atoms with van der Waals surface area (Å²) >= 11 is 0. The summed E-state index contributed by atoms with van der Waals surface area (Å²) in [5, 5.41) is 3.31. The summed E-state index contributed by atoms with van der Waals surface area (Å²) in [4.78, 5) is 5.06. The van der Waals surface area contributed by atoms with E-state index in [-0.39, 0.29) is 5.41 Å². The molecular weight excluding hydrogens is 737 g/mol. The predicted molar refractivity (Wildman–Crippen MR) is 243 cm³/mol. The highest BCUT2D eigenvalue weighted by molar-refractivity contribution is 6.09. The van der Waals surface area contributed by atoms with Gasteiger partial charge in [0.1, 0.15) is 28.7 Å². The number of aromatic nitrogens is 4. The number of rotatable bonds is 7. The van der Waals surface area contributed by atoms with Gasteiger partial charge in [0, 0.05) is 39.4 Å². The fourth-order valence-corrected chi connectivity index (χ4v) is 8.76. The maximum Gasteiger partial charge on any atom is 0.255 e. The van der Waals surface area contributed by atoms with Gasteiger partial charge in [-0.3, -0.25) is 4.57 Å². The summed E-state index contributed by atoms with van der Waals surface area (Å²) in [6.07, 6.45) is 3.93. The Labute approximate surface area is 347 Å². The number of pyridine rings is 1. The molecule has 0 N–H and O–H groups in total. The normalized spacial score (nSPS) is 11.9. The van der Waals surface area contributed by atoms with Crippen LogP contribution in [0.15, 0.2) is 199 Å². The van der Waals surface area contributed by atoms with Gasteiger partial charge >= 0.3 is 0 Å². The third-order valence-corrected chi connectivity index (χ3v) is 11.5. The average molecular weight is 778 g/mol. The quantitative estimate of drug-likeness (QED) is 0.151. The Kier molecular flexibility index (Phi) is 8.27. The lowest BCUT2D eigenvalue weighted by molar-refractivity contribution is -0.566. The SMILES string of the molecule is CC(C)(C)c1cc(-n2c3ccccc3c3ccc(Oc4cccc(-n5c[n+](-c6c(-c7ccccc7)cccc6-c6ccccc6)c6ccccc65)c4)cc32)nc2occc12. The number of fused-ring (bicyclic) bond motifs is 5. The van der Waals surface area contributed by atoms with E-state index in [1.54, 1.807) is 6.26 Å². The molecule has 0 aliphatic rings. The van der Waals surface area contributed by atoms with Gasteiger partial charge in [-0.25, -0.2) is 0 Å². The molecule has 0 atom stereocenters. The largest absolute Gasteiger partial charge is 0.457 e. The lowest BCUT2D eigenvalue weighted by atomic mass is 9.85. The van der Waals surface area contributed by atoms with Gasteiger partial charge in [0.05, 0.1) is 17.3 Å². The lowest BCUT2D eigenvalue weighted by Gasteiger charge is -2.21. The Bertz CT molecular complexity index is 3330. The second-order valence-electron chi connectivity index (χ2n) is 16.3. The van der Waals surface area contributed by atoms with Crippen LogP contribution in [0.5, 0.6) is 11.5 Å². The highest BCUT2D eigenvalue weighted by atomic mass is 16.5. The fraction of sp³-hybridized carbons (Fsp3) is 0.0741. The van der Waals surface area contributed by atoms with Crippen molar-refractivity contribution >= 4 is 43.9 Å². The Morgan fingerprint density at radius 3 is 1.95 bits per heavy atom. The summed E-state index contributed by atoms with van der Waals surface area (Å²) in [6.45, 7) is 6.68. The van der Waals surface area contributed by atoms with Gasteiger partial charge in [0.15, 0.2) is 11.0 Å². The Balaban J connectivity index is 1.03. The van der Waals surface area contributed by atoms with E-state index < -0.39 is 0 Å². The molecule has 6 heteroatoms. The summed E-state index contributed by atoms with van der Waals surface area (Å²) in [5.41, 5.74) is 12.7. The summed E-state index contributed by atoms with van der Waals surface area (Å²) < 4.78 is 19.5.